The first-order valence-electron chi connectivity index (χ1n) is 10.7. The maximum atomic E-state index is 11.8. The Kier molecular flexibility index (Phi) is 12.2. The Morgan fingerprint density at radius 3 is 2.10 bits per heavy atom. The molecule has 0 aromatic heterocycles. The molecule has 8 nitrogen and oxygen atoms in total. The molecule has 2 atom stereocenters. The Hall–Kier alpha value is -2.61. The van der Waals surface area contributed by atoms with Gasteiger partial charge in [0.05, 0.1) is 12.6 Å². The molecule has 1 unspecified atom stereocenters. The van der Waals surface area contributed by atoms with Gasteiger partial charge in [0.1, 0.15) is 6.04 Å². The van der Waals surface area contributed by atoms with Crippen LogP contribution in [0.3, 0.4) is 0 Å². The second-order valence-electron chi connectivity index (χ2n) is 7.67. The molecule has 8 N–H and O–H groups in total. The number of nitrogens with two attached hydrogens (primary N) is 3. The molecular weight excluding hydrogens is 382 g/mol. The summed E-state index contributed by atoms with van der Waals surface area (Å²) in [5, 5.41) is 11.9. The van der Waals surface area contributed by atoms with Crippen LogP contribution in [0.1, 0.15) is 69.4 Å². The summed E-state index contributed by atoms with van der Waals surface area (Å²) in [5.41, 5.74) is 18.5. The number of benzene rings is 1. The smallest absolute Gasteiger partial charge is 0.242 e. The van der Waals surface area contributed by atoms with E-state index in [9.17, 15) is 14.7 Å². The fraction of sp³-hybridized carbons (Fsp3) is 0.591. The van der Waals surface area contributed by atoms with Crippen LogP contribution in [0.4, 0.5) is 0 Å². The minimum Gasteiger partial charge on any atom is -0.391 e. The lowest BCUT2D eigenvalue weighted by molar-refractivity contribution is -0.129. The molecule has 1 rings (SSSR count). The molecule has 2 amide bonds. The maximum absolute atomic E-state index is 11.8. The lowest BCUT2D eigenvalue weighted by Crippen LogP contribution is -2.50. The molecule has 0 aliphatic carbocycles. The zero-order valence-electron chi connectivity index (χ0n) is 18.0. The van der Waals surface area contributed by atoms with Gasteiger partial charge in [0, 0.05) is 6.42 Å². The van der Waals surface area contributed by atoms with E-state index in [1.165, 1.54) is 18.1 Å². The normalized spacial score (nSPS) is 12.7. The third-order valence-corrected chi connectivity index (χ3v) is 5.01. The SMILES string of the molecule is CC(O)[C@@H](NC(=O)CCCCCCCCCc1ccccc1CN=C(N)N)C(N)=O. The second kappa shape index (κ2) is 14.4. The molecule has 0 radical (unpaired) electrons. The van der Waals surface area contributed by atoms with Gasteiger partial charge >= 0.3 is 0 Å². The van der Waals surface area contributed by atoms with E-state index in [2.05, 4.69) is 22.4 Å². The standard InChI is InChI=1S/C22H37N5O3/c1-16(28)20(21(23)30)27-19(29)14-8-6-4-2-3-5-7-11-17-12-9-10-13-18(17)15-26-22(24)25/h9-10,12-13,16,20,28H,2-8,11,14-15H2,1H3,(H2,23,30)(H,27,29)(H4,24,25,26)/t16?,20-/m1/s1. The van der Waals surface area contributed by atoms with Gasteiger partial charge in [0.25, 0.3) is 0 Å². The van der Waals surface area contributed by atoms with Crippen molar-refractivity contribution in [1.82, 2.24) is 5.32 Å². The molecule has 8 heteroatoms. The monoisotopic (exact) mass is 419 g/mol. The molecule has 30 heavy (non-hydrogen) atoms. The van der Waals surface area contributed by atoms with Gasteiger partial charge in [-0.25, -0.2) is 4.99 Å². The van der Waals surface area contributed by atoms with Gasteiger partial charge in [-0.2, -0.15) is 0 Å². The average Bonchev–Trinajstić information content (AvgIpc) is 2.69. The van der Waals surface area contributed by atoms with E-state index in [4.69, 9.17) is 17.2 Å². The van der Waals surface area contributed by atoms with E-state index in [0.717, 1.165) is 51.4 Å². The predicted octanol–water partition coefficient (Wildman–Crippen LogP) is 1.47. The number of aliphatic imine (C=N–C) groups is 1. The van der Waals surface area contributed by atoms with Crippen molar-refractivity contribution in [2.24, 2.45) is 22.2 Å². The number of carbonyl (C=O) groups is 2. The van der Waals surface area contributed by atoms with Crippen LogP contribution in [-0.2, 0) is 22.6 Å². The van der Waals surface area contributed by atoms with Crippen LogP contribution >= 0.6 is 0 Å². The Morgan fingerprint density at radius 1 is 0.967 bits per heavy atom. The highest BCUT2D eigenvalue weighted by Gasteiger charge is 2.22. The van der Waals surface area contributed by atoms with Gasteiger partial charge in [0.15, 0.2) is 5.96 Å². The molecule has 0 fully saturated rings. The molecule has 0 heterocycles. The largest absolute Gasteiger partial charge is 0.391 e. The van der Waals surface area contributed by atoms with Crippen molar-refractivity contribution < 1.29 is 14.7 Å². The number of rotatable bonds is 15. The number of nitrogens with zero attached hydrogens (tertiary/aromatic N) is 1. The number of hydrogen-bond donors (Lipinski definition) is 5. The summed E-state index contributed by atoms with van der Waals surface area (Å²) >= 11 is 0. The number of hydrogen-bond acceptors (Lipinski definition) is 4. The van der Waals surface area contributed by atoms with Crippen LogP contribution in [0, 0.1) is 0 Å². The van der Waals surface area contributed by atoms with Crippen molar-refractivity contribution in [3.8, 4) is 0 Å². The zero-order valence-corrected chi connectivity index (χ0v) is 18.0. The number of nitrogens with one attached hydrogen (secondary N) is 1. The molecule has 0 saturated carbocycles. The van der Waals surface area contributed by atoms with Gasteiger partial charge in [-0.3, -0.25) is 9.59 Å². The van der Waals surface area contributed by atoms with Gasteiger partial charge < -0.3 is 27.6 Å². The molecule has 0 aliphatic heterocycles. The number of primary amides is 1. The highest BCUT2D eigenvalue weighted by molar-refractivity contribution is 5.87. The van der Waals surface area contributed by atoms with E-state index < -0.39 is 18.1 Å². The zero-order chi connectivity index (χ0) is 22.4. The number of aryl methyl sites for hydroxylation is 1. The molecule has 0 spiro atoms. The van der Waals surface area contributed by atoms with Crippen molar-refractivity contribution >= 4 is 17.8 Å². The van der Waals surface area contributed by atoms with E-state index in [0.29, 0.717) is 13.0 Å². The summed E-state index contributed by atoms with van der Waals surface area (Å²) in [6.07, 6.45) is 7.72. The Bertz CT molecular complexity index is 687. The highest BCUT2D eigenvalue weighted by atomic mass is 16.3. The predicted molar refractivity (Wildman–Crippen MR) is 119 cm³/mol. The maximum Gasteiger partial charge on any atom is 0.242 e. The van der Waals surface area contributed by atoms with Crippen LogP contribution in [0.25, 0.3) is 0 Å². The lowest BCUT2D eigenvalue weighted by Gasteiger charge is -2.17. The Morgan fingerprint density at radius 2 is 1.53 bits per heavy atom. The molecule has 0 aliphatic rings. The Balaban J connectivity index is 2.12. The molecule has 1 aromatic rings. The summed E-state index contributed by atoms with van der Waals surface area (Å²) in [4.78, 5) is 27.1. The second-order valence-corrected chi connectivity index (χ2v) is 7.67. The van der Waals surface area contributed by atoms with Crippen LogP contribution in [0.2, 0.25) is 0 Å². The van der Waals surface area contributed by atoms with Gasteiger partial charge in [0.2, 0.25) is 11.8 Å². The van der Waals surface area contributed by atoms with Crippen LogP contribution < -0.4 is 22.5 Å². The molecule has 168 valence electrons. The number of amides is 2. The number of aliphatic hydroxyl groups is 1. The molecule has 0 saturated heterocycles. The van der Waals surface area contributed by atoms with Gasteiger partial charge in [-0.15, -0.1) is 0 Å². The van der Waals surface area contributed by atoms with Crippen molar-refractivity contribution in [3.05, 3.63) is 35.4 Å². The fourth-order valence-electron chi connectivity index (χ4n) is 3.29. The quantitative estimate of drug-likeness (QED) is 0.165. The third-order valence-electron chi connectivity index (χ3n) is 5.01. The first-order chi connectivity index (χ1) is 14.3. The number of aliphatic hydroxyl groups excluding tert-OH is 1. The van der Waals surface area contributed by atoms with Gasteiger partial charge in [-0.05, 0) is 37.3 Å². The lowest BCUT2D eigenvalue weighted by atomic mass is 10.00. The van der Waals surface area contributed by atoms with Crippen LogP contribution in [0.5, 0.6) is 0 Å². The summed E-state index contributed by atoms with van der Waals surface area (Å²) < 4.78 is 0. The van der Waals surface area contributed by atoms with Crippen molar-refractivity contribution in [3.63, 3.8) is 0 Å². The average molecular weight is 420 g/mol. The summed E-state index contributed by atoms with van der Waals surface area (Å²) in [6, 6.07) is 7.20. The third kappa shape index (κ3) is 10.8. The minimum absolute atomic E-state index is 0.109. The summed E-state index contributed by atoms with van der Waals surface area (Å²) in [6.45, 7) is 1.95. The van der Waals surface area contributed by atoms with E-state index in [1.54, 1.807) is 0 Å². The van der Waals surface area contributed by atoms with E-state index in [-0.39, 0.29) is 11.9 Å². The first-order valence-corrected chi connectivity index (χ1v) is 10.7. The van der Waals surface area contributed by atoms with E-state index in [1.807, 2.05) is 12.1 Å². The topological polar surface area (TPSA) is 157 Å². The molecule has 1 aromatic carbocycles. The van der Waals surface area contributed by atoms with Crippen LogP contribution in [0.15, 0.2) is 29.3 Å². The molecular formula is C22H37N5O3. The highest BCUT2D eigenvalue weighted by Crippen LogP contribution is 2.15. The van der Waals surface area contributed by atoms with Crippen molar-refractivity contribution in [2.45, 2.75) is 83.4 Å². The summed E-state index contributed by atoms with van der Waals surface area (Å²) in [5.74, 6) is -0.866. The number of carbonyl (C=O) groups excluding carboxylic acids is 2. The number of guanidine groups is 1. The van der Waals surface area contributed by atoms with Gasteiger partial charge in [-0.1, -0.05) is 56.4 Å². The van der Waals surface area contributed by atoms with Crippen molar-refractivity contribution in [2.75, 3.05) is 0 Å². The molecule has 0 bridgehead atoms. The van der Waals surface area contributed by atoms with E-state index >= 15 is 0 Å². The number of unbranched alkanes of at least 4 members (excludes halogenated alkanes) is 6. The first kappa shape index (κ1) is 25.4. The fourth-order valence-corrected chi connectivity index (χ4v) is 3.29. The summed E-state index contributed by atoms with van der Waals surface area (Å²) in [7, 11) is 0. The Labute approximate surface area is 179 Å². The minimum atomic E-state index is -1.03. The van der Waals surface area contributed by atoms with Crippen LogP contribution in [-0.4, -0.2) is 35.0 Å². The van der Waals surface area contributed by atoms with Crippen molar-refractivity contribution in [1.29, 1.82) is 0 Å².